The van der Waals surface area contributed by atoms with E-state index in [2.05, 4.69) is 32.9 Å². The third-order valence-corrected chi connectivity index (χ3v) is 3.51. The lowest BCUT2D eigenvalue weighted by Gasteiger charge is -2.05. The lowest BCUT2D eigenvalue weighted by molar-refractivity contribution is -0.137. The number of fused-ring (bicyclic) bond motifs is 1. The van der Waals surface area contributed by atoms with Crippen molar-refractivity contribution in [3.63, 3.8) is 0 Å². The van der Waals surface area contributed by atoms with Gasteiger partial charge in [-0.25, -0.2) is 0 Å². The normalized spacial score (nSPS) is 11.1. The molecule has 0 unspecified atom stereocenters. The number of carbonyl (C=O) groups is 1. The largest absolute Gasteiger partial charge is 0.480 e. The molecule has 0 amide bonds. The third-order valence-electron chi connectivity index (χ3n) is 3.51. The number of aromatic nitrogens is 1. The van der Waals surface area contributed by atoms with Crippen LogP contribution in [-0.4, -0.2) is 15.6 Å². The summed E-state index contributed by atoms with van der Waals surface area (Å²) in [5.41, 5.74) is 4.74. The van der Waals surface area contributed by atoms with Gasteiger partial charge in [-0.2, -0.15) is 0 Å². The van der Waals surface area contributed by atoms with Crippen molar-refractivity contribution in [2.75, 3.05) is 0 Å². The van der Waals surface area contributed by atoms with Crippen molar-refractivity contribution in [2.45, 2.75) is 46.6 Å². The minimum Gasteiger partial charge on any atom is -0.480 e. The summed E-state index contributed by atoms with van der Waals surface area (Å²) in [5, 5.41) is 10.3. The molecule has 0 saturated carbocycles. The van der Waals surface area contributed by atoms with Gasteiger partial charge in [0.15, 0.2) is 0 Å². The van der Waals surface area contributed by atoms with Gasteiger partial charge in [-0.05, 0) is 49.4 Å². The Labute approximate surface area is 113 Å². The highest BCUT2D eigenvalue weighted by atomic mass is 16.4. The Bertz CT molecular complexity index is 611. The van der Waals surface area contributed by atoms with Crippen LogP contribution >= 0.6 is 0 Å². The highest BCUT2D eigenvalue weighted by molar-refractivity contribution is 5.88. The van der Waals surface area contributed by atoms with Gasteiger partial charge in [-0.1, -0.05) is 19.4 Å². The molecule has 1 heterocycles. The molecule has 1 N–H and O–H groups in total. The summed E-state index contributed by atoms with van der Waals surface area (Å²) in [4.78, 5) is 11.0. The monoisotopic (exact) mass is 259 g/mol. The van der Waals surface area contributed by atoms with Crippen molar-refractivity contribution in [2.24, 2.45) is 0 Å². The summed E-state index contributed by atoms with van der Waals surface area (Å²) < 4.78 is 1.86. The number of benzene rings is 1. The van der Waals surface area contributed by atoms with Crippen LogP contribution in [0.25, 0.3) is 10.9 Å². The van der Waals surface area contributed by atoms with E-state index in [1.165, 1.54) is 22.1 Å². The van der Waals surface area contributed by atoms with Crippen molar-refractivity contribution in [3.8, 4) is 0 Å². The van der Waals surface area contributed by atoms with Gasteiger partial charge in [0, 0.05) is 17.1 Å². The van der Waals surface area contributed by atoms with Gasteiger partial charge in [-0.3, -0.25) is 4.79 Å². The van der Waals surface area contributed by atoms with Gasteiger partial charge < -0.3 is 9.67 Å². The van der Waals surface area contributed by atoms with E-state index in [-0.39, 0.29) is 6.54 Å². The predicted octanol–water partition coefficient (Wildman–Crippen LogP) is 3.69. The lowest BCUT2D eigenvalue weighted by atomic mass is 10.0. The number of hydrogen-bond acceptors (Lipinski definition) is 1. The van der Waals surface area contributed by atoms with Crippen LogP contribution in [0.4, 0.5) is 0 Å². The van der Waals surface area contributed by atoms with Crippen LogP contribution in [-0.2, 0) is 17.8 Å². The fraction of sp³-hybridized carbons (Fsp3) is 0.438. The molecule has 0 spiro atoms. The van der Waals surface area contributed by atoms with E-state index in [1.807, 2.05) is 10.8 Å². The fourth-order valence-corrected chi connectivity index (χ4v) is 2.74. The van der Waals surface area contributed by atoms with E-state index in [4.69, 9.17) is 5.11 Å². The minimum atomic E-state index is -0.793. The predicted molar refractivity (Wildman–Crippen MR) is 77.7 cm³/mol. The van der Waals surface area contributed by atoms with E-state index in [1.54, 1.807) is 0 Å². The first-order chi connectivity index (χ1) is 9.02. The Kier molecular flexibility index (Phi) is 3.93. The Morgan fingerprint density at radius 3 is 2.68 bits per heavy atom. The van der Waals surface area contributed by atoms with Crippen LogP contribution < -0.4 is 0 Å². The van der Waals surface area contributed by atoms with Crippen LogP contribution in [0.5, 0.6) is 0 Å². The van der Waals surface area contributed by atoms with Crippen LogP contribution in [0.1, 0.15) is 36.5 Å². The zero-order valence-electron chi connectivity index (χ0n) is 11.9. The van der Waals surface area contributed by atoms with Gasteiger partial charge in [0.25, 0.3) is 0 Å². The quantitative estimate of drug-likeness (QED) is 0.890. The van der Waals surface area contributed by atoms with Crippen molar-refractivity contribution in [3.05, 3.63) is 35.0 Å². The summed E-state index contributed by atoms with van der Waals surface area (Å²) in [5.74, 6) is -0.793. The van der Waals surface area contributed by atoms with E-state index in [0.29, 0.717) is 0 Å². The number of rotatable bonds is 5. The van der Waals surface area contributed by atoms with Gasteiger partial charge in [0.1, 0.15) is 6.54 Å². The molecule has 1 aromatic carbocycles. The van der Waals surface area contributed by atoms with E-state index in [0.717, 1.165) is 24.8 Å². The first-order valence-electron chi connectivity index (χ1n) is 6.83. The first-order valence-corrected chi connectivity index (χ1v) is 6.83. The topological polar surface area (TPSA) is 42.2 Å². The summed E-state index contributed by atoms with van der Waals surface area (Å²) in [6, 6.07) is 4.25. The number of carboxylic acids is 1. The SMILES string of the molecule is CCCCc1cn(CC(=O)O)c2cc(C)cc(C)c12. The second kappa shape index (κ2) is 5.47. The second-order valence-electron chi connectivity index (χ2n) is 5.26. The number of nitrogens with zero attached hydrogens (tertiary/aromatic N) is 1. The zero-order valence-corrected chi connectivity index (χ0v) is 11.9. The number of unbranched alkanes of at least 4 members (excludes halogenated alkanes) is 1. The number of carboxylic acid groups (broad SMARTS) is 1. The number of hydrogen-bond donors (Lipinski definition) is 1. The molecule has 0 aliphatic rings. The first kappa shape index (κ1) is 13.7. The molecule has 0 atom stereocenters. The van der Waals surface area contributed by atoms with Crippen molar-refractivity contribution >= 4 is 16.9 Å². The number of aliphatic carboxylic acids is 1. The standard InChI is InChI=1S/C16H21NO2/c1-4-5-6-13-9-17(10-15(18)19)14-8-11(2)7-12(3)16(13)14/h7-9H,4-6,10H2,1-3H3,(H,18,19). The Hall–Kier alpha value is -1.77. The lowest BCUT2D eigenvalue weighted by Crippen LogP contribution is -2.07. The maximum absolute atomic E-state index is 11.0. The van der Waals surface area contributed by atoms with Gasteiger partial charge >= 0.3 is 5.97 Å². The third kappa shape index (κ3) is 2.80. The molecular formula is C16H21NO2. The molecule has 19 heavy (non-hydrogen) atoms. The van der Waals surface area contributed by atoms with Crippen LogP contribution in [0.15, 0.2) is 18.3 Å². The Morgan fingerprint density at radius 1 is 1.32 bits per heavy atom. The van der Waals surface area contributed by atoms with Gasteiger partial charge in [0.05, 0.1) is 0 Å². The maximum Gasteiger partial charge on any atom is 0.323 e. The minimum absolute atomic E-state index is 0.0333. The molecular weight excluding hydrogens is 238 g/mol. The molecule has 0 fully saturated rings. The molecule has 102 valence electrons. The molecule has 0 aliphatic heterocycles. The van der Waals surface area contributed by atoms with Gasteiger partial charge in [-0.15, -0.1) is 0 Å². The molecule has 2 rings (SSSR count). The molecule has 0 bridgehead atoms. The average molecular weight is 259 g/mol. The molecule has 0 radical (unpaired) electrons. The van der Waals surface area contributed by atoms with Crippen molar-refractivity contribution in [1.82, 2.24) is 4.57 Å². The summed E-state index contributed by atoms with van der Waals surface area (Å²) >= 11 is 0. The van der Waals surface area contributed by atoms with Crippen LogP contribution in [0, 0.1) is 13.8 Å². The second-order valence-corrected chi connectivity index (χ2v) is 5.26. The average Bonchev–Trinajstić information content (AvgIpc) is 2.64. The Balaban J connectivity index is 2.59. The van der Waals surface area contributed by atoms with Crippen molar-refractivity contribution in [1.29, 1.82) is 0 Å². The van der Waals surface area contributed by atoms with Gasteiger partial charge in [0.2, 0.25) is 0 Å². The fourth-order valence-electron chi connectivity index (χ4n) is 2.74. The highest BCUT2D eigenvalue weighted by Gasteiger charge is 2.12. The summed E-state index contributed by atoms with van der Waals surface area (Å²) in [7, 11) is 0. The molecule has 1 aromatic heterocycles. The molecule has 3 heteroatoms. The molecule has 2 aromatic rings. The molecule has 3 nitrogen and oxygen atoms in total. The smallest absolute Gasteiger partial charge is 0.323 e. The Morgan fingerprint density at radius 2 is 2.05 bits per heavy atom. The number of aryl methyl sites for hydroxylation is 3. The summed E-state index contributed by atoms with van der Waals surface area (Å²) in [6.07, 6.45) is 5.32. The summed E-state index contributed by atoms with van der Waals surface area (Å²) in [6.45, 7) is 6.37. The van der Waals surface area contributed by atoms with E-state index >= 15 is 0 Å². The zero-order chi connectivity index (χ0) is 14.0. The molecule has 0 aliphatic carbocycles. The highest BCUT2D eigenvalue weighted by Crippen LogP contribution is 2.27. The molecule has 0 saturated heterocycles. The van der Waals surface area contributed by atoms with Crippen LogP contribution in [0.3, 0.4) is 0 Å². The van der Waals surface area contributed by atoms with Crippen LogP contribution in [0.2, 0.25) is 0 Å². The van der Waals surface area contributed by atoms with Crippen molar-refractivity contribution < 1.29 is 9.90 Å². The maximum atomic E-state index is 11.0. The van der Waals surface area contributed by atoms with E-state index < -0.39 is 5.97 Å². The van der Waals surface area contributed by atoms with E-state index in [9.17, 15) is 4.79 Å².